The Bertz CT molecular complexity index is 3050. The van der Waals surface area contributed by atoms with E-state index < -0.39 is 11.7 Å². The molecule has 0 saturated heterocycles. The van der Waals surface area contributed by atoms with E-state index >= 15 is 0 Å². The van der Waals surface area contributed by atoms with E-state index in [1.807, 2.05) is 12.1 Å². The van der Waals surface area contributed by atoms with Gasteiger partial charge in [-0.05, 0) is 246 Å². The van der Waals surface area contributed by atoms with Crippen LogP contribution in [-0.4, -0.2) is 0 Å². The lowest BCUT2D eigenvalue weighted by Gasteiger charge is -2.44. The fourth-order valence-corrected chi connectivity index (χ4v) is 10.9. The molecule has 0 saturated carbocycles. The average molecular weight is 855 g/mol. The molecule has 4 nitrogen and oxygen atoms in total. The van der Waals surface area contributed by atoms with Gasteiger partial charge in [0.15, 0.2) is 0 Å². The molecule has 0 bridgehead atoms. The third-order valence-corrected chi connectivity index (χ3v) is 16.2. The van der Waals surface area contributed by atoms with Crippen LogP contribution in [0.5, 0.6) is 0 Å². The SMILES string of the molecule is Cc1c(C)c(C)c2c(c1C)Cc1c(C)c(C)c(C)c(C)c1N2c1cc(C#N)c(-c2ccc(C(F)(F)F)cc2C#N)cc1N1c2c(C)c(C)c(C)c(C)c2Cc2c(C)c(C)c(C)c(C)c21. The third kappa shape index (κ3) is 6.14. The second-order valence-electron chi connectivity index (χ2n) is 18.7. The Labute approximate surface area is 377 Å². The van der Waals surface area contributed by atoms with Crippen LogP contribution >= 0.6 is 0 Å². The first-order chi connectivity index (χ1) is 30.0. The van der Waals surface area contributed by atoms with Gasteiger partial charge in [0, 0.05) is 24.0 Å². The molecule has 0 fully saturated rings. The maximum Gasteiger partial charge on any atom is 0.416 e. The van der Waals surface area contributed by atoms with Gasteiger partial charge in [-0.1, -0.05) is 6.07 Å². The molecule has 2 aliphatic rings. The van der Waals surface area contributed by atoms with Crippen molar-refractivity contribution in [3.05, 3.63) is 158 Å². The van der Waals surface area contributed by atoms with E-state index in [1.54, 1.807) is 0 Å². The second kappa shape index (κ2) is 15.2. The maximum atomic E-state index is 14.2. The molecule has 7 heteroatoms. The van der Waals surface area contributed by atoms with Gasteiger partial charge in [0.25, 0.3) is 0 Å². The number of nitrogens with zero attached hydrogens (tertiary/aromatic N) is 4. The number of nitriles is 2. The predicted molar refractivity (Wildman–Crippen MR) is 257 cm³/mol. The van der Waals surface area contributed by atoms with Gasteiger partial charge < -0.3 is 9.80 Å². The van der Waals surface area contributed by atoms with Gasteiger partial charge >= 0.3 is 6.18 Å². The summed E-state index contributed by atoms with van der Waals surface area (Å²) in [6.45, 7) is 35.2. The highest BCUT2D eigenvalue weighted by atomic mass is 19.4. The largest absolute Gasteiger partial charge is 0.416 e. The molecule has 0 N–H and O–H groups in total. The molecule has 0 atom stereocenters. The van der Waals surface area contributed by atoms with E-state index in [-0.39, 0.29) is 16.7 Å². The second-order valence-corrected chi connectivity index (χ2v) is 18.7. The Kier molecular flexibility index (Phi) is 10.5. The summed E-state index contributed by atoms with van der Waals surface area (Å²) < 4.78 is 42.6. The Hall–Kier alpha value is -6.31. The number of fused-ring (bicyclic) bond motifs is 4. The lowest BCUT2D eigenvalue weighted by atomic mass is 9.79. The Morgan fingerprint density at radius 3 is 1.00 bits per heavy atom. The monoisotopic (exact) mass is 854 g/mol. The van der Waals surface area contributed by atoms with Crippen LogP contribution in [0.2, 0.25) is 0 Å². The first kappa shape index (κ1) is 44.3. The zero-order chi connectivity index (χ0) is 46.9. The molecule has 2 aliphatic heterocycles. The number of hydrogen-bond acceptors (Lipinski definition) is 4. The zero-order valence-corrected chi connectivity index (χ0v) is 40.2. The van der Waals surface area contributed by atoms with Crippen LogP contribution in [0.3, 0.4) is 0 Å². The van der Waals surface area contributed by atoms with Crippen LogP contribution in [0.4, 0.5) is 47.3 Å². The van der Waals surface area contributed by atoms with Crippen LogP contribution in [0, 0.1) is 133 Å². The van der Waals surface area contributed by atoms with Crippen LogP contribution in [0.1, 0.15) is 128 Å². The fraction of sp³-hybridized carbons (Fsp3) is 0.333. The molecule has 326 valence electrons. The molecule has 0 unspecified atom stereocenters. The summed E-state index contributed by atoms with van der Waals surface area (Å²) in [4.78, 5) is 4.82. The predicted octanol–water partition coefficient (Wildman–Crippen LogP) is 15.8. The molecule has 0 amide bonds. The minimum atomic E-state index is -4.65. The minimum Gasteiger partial charge on any atom is -0.307 e. The number of halogens is 3. The van der Waals surface area contributed by atoms with E-state index in [2.05, 4.69) is 133 Å². The standard InChI is InChI=1S/C57H57F3N4/c1-26-30(5)38(13)53-46(34(26)9)21-47-35(10)27(2)31(6)39(14)54(47)63(53)51-20-43(25-62)50(45-18-17-44(57(58,59)60)19-42(45)24-61)23-52(51)64-55-40(15)32(7)28(3)36(11)48(55)22-49-37(12)29(4)33(8)41(16)56(49)64/h17-20,23H,21-22H2,1-16H3. The van der Waals surface area contributed by atoms with Gasteiger partial charge in [0.1, 0.15) is 0 Å². The summed E-state index contributed by atoms with van der Waals surface area (Å²) in [5.74, 6) is 0. The van der Waals surface area contributed by atoms with Gasteiger partial charge in [-0.3, -0.25) is 0 Å². The Morgan fingerprint density at radius 2 is 0.688 bits per heavy atom. The van der Waals surface area contributed by atoms with Crippen LogP contribution in [-0.2, 0) is 19.0 Å². The van der Waals surface area contributed by atoms with Gasteiger partial charge in [0.2, 0.25) is 0 Å². The smallest absolute Gasteiger partial charge is 0.307 e. The molecule has 0 spiro atoms. The van der Waals surface area contributed by atoms with Crippen molar-refractivity contribution >= 4 is 34.1 Å². The molecule has 0 aromatic heterocycles. The summed E-state index contributed by atoms with van der Waals surface area (Å²) in [6.07, 6.45) is -3.16. The highest BCUT2D eigenvalue weighted by Crippen LogP contribution is 2.59. The van der Waals surface area contributed by atoms with E-state index in [9.17, 15) is 23.7 Å². The molecule has 6 aromatic carbocycles. The highest BCUT2D eigenvalue weighted by Gasteiger charge is 2.39. The molecule has 8 rings (SSSR count). The zero-order valence-electron chi connectivity index (χ0n) is 40.2. The molecular formula is C57H57F3N4. The van der Waals surface area contributed by atoms with Gasteiger partial charge in [-0.2, -0.15) is 23.7 Å². The Morgan fingerprint density at radius 1 is 0.391 bits per heavy atom. The van der Waals surface area contributed by atoms with Crippen molar-refractivity contribution in [3.63, 3.8) is 0 Å². The number of alkyl halides is 3. The van der Waals surface area contributed by atoms with Crippen molar-refractivity contribution in [2.75, 3.05) is 9.80 Å². The van der Waals surface area contributed by atoms with Crippen LogP contribution < -0.4 is 9.80 Å². The summed E-state index contributed by atoms with van der Waals surface area (Å²) in [7, 11) is 0. The first-order valence-corrected chi connectivity index (χ1v) is 22.2. The molecule has 0 aliphatic carbocycles. The maximum absolute atomic E-state index is 14.2. The van der Waals surface area contributed by atoms with Crippen molar-refractivity contribution in [3.8, 4) is 23.3 Å². The van der Waals surface area contributed by atoms with Crippen molar-refractivity contribution in [2.45, 2.75) is 130 Å². The summed E-state index contributed by atoms with van der Waals surface area (Å²) in [5.41, 5.74) is 29.9. The number of anilines is 6. The van der Waals surface area contributed by atoms with Crippen molar-refractivity contribution < 1.29 is 13.2 Å². The number of benzene rings is 6. The Balaban J connectivity index is 1.65. The van der Waals surface area contributed by atoms with Crippen molar-refractivity contribution in [1.82, 2.24) is 0 Å². The van der Waals surface area contributed by atoms with Gasteiger partial charge in [-0.25, -0.2) is 0 Å². The summed E-state index contributed by atoms with van der Waals surface area (Å²) in [6, 6.07) is 11.8. The van der Waals surface area contributed by atoms with Gasteiger partial charge in [-0.15, -0.1) is 0 Å². The van der Waals surface area contributed by atoms with E-state index in [4.69, 9.17) is 0 Å². The summed E-state index contributed by atoms with van der Waals surface area (Å²) >= 11 is 0. The minimum absolute atomic E-state index is 0.148. The van der Waals surface area contributed by atoms with Crippen LogP contribution in [0.15, 0.2) is 30.3 Å². The molecule has 64 heavy (non-hydrogen) atoms. The molecule has 6 aromatic rings. The van der Waals surface area contributed by atoms with E-state index in [0.29, 0.717) is 5.56 Å². The van der Waals surface area contributed by atoms with Crippen LogP contribution in [0.25, 0.3) is 11.1 Å². The highest BCUT2D eigenvalue weighted by molar-refractivity contribution is 6.02. The number of hydrogen-bond donors (Lipinski definition) is 0. The van der Waals surface area contributed by atoms with E-state index in [0.717, 1.165) is 81.4 Å². The normalized spacial score (nSPS) is 13.0. The van der Waals surface area contributed by atoms with E-state index in [1.165, 1.54) is 95.1 Å². The molecular weight excluding hydrogens is 798 g/mol. The number of rotatable bonds is 3. The summed E-state index contributed by atoms with van der Waals surface area (Å²) in [5, 5.41) is 21.8. The van der Waals surface area contributed by atoms with Gasteiger partial charge in [0.05, 0.1) is 63.0 Å². The molecule has 2 heterocycles. The van der Waals surface area contributed by atoms with Crippen molar-refractivity contribution in [2.24, 2.45) is 0 Å². The third-order valence-electron chi connectivity index (χ3n) is 16.2. The fourth-order valence-electron chi connectivity index (χ4n) is 10.9. The molecule has 0 radical (unpaired) electrons. The first-order valence-electron chi connectivity index (χ1n) is 22.2. The average Bonchev–Trinajstić information content (AvgIpc) is 3.28. The topological polar surface area (TPSA) is 54.1 Å². The lowest BCUT2D eigenvalue weighted by Crippen LogP contribution is -2.28. The quantitative estimate of drug-likeness (QED) is 0.178. The lowest BCUT2D eigenvalue weighted by molar-refractivity contribution is -0.137. The van der Waals surface area contributed by atoms with Crippen molar-refractivity contribution in [1.29, 1.82) is 10.5 Å².